The number of carbonyl (C=O) groups is 2. The number of nitrogens with one attached hydrogen (secondary N) is 3. The first kappa shape index (κ1) is 23.8. The van der Waals surface area contributed by atoms with Crippen molar-refractivity contribution in [1.82, 2.24) is 5.32 Å². The van der Waals surface area contributed by atoms with E-state index in [2.05, 4.69) is 15.4 Å². The molecule has 0 aliphatic heterocycles. The summed E-state index contributed by atoms with van der Waals surface area (Å²) in [6.45, 7) is 0.0750. The van der Waals surface area contributed by atoms with Gasteiger partial charge in [-0.05, 0) is 29.3 Å². The van der Waals surface area contributed by atoms with Crippen molar-refractivity contribution in [2.75, 3.05) is 16.3 Å². The van der Waals surface area contributed by atoms with E-state index in [4.69, 9.17) is 4.74 Å². The first-order valence-electron chi connectivity index (χ1n) is 10.2. The zero-order chi connectivity index (χ0) is 23.7. The summed E-state index contributed by atoms with van der Waals surface area (Å²) in [5, 5.41) is 5.35. The third-order valence-electron chi connectivity index (χ3n) is 4.54. The molecule has 33 heavy (non-hydrogen) atoms. The molecule has 3 aromatic rings. The number of alkyl carbamates (subject to hydrolysis) is 1. The minimum absolute atomic E-state index is 0.0750. The minimum atomic E-state index is -3.46. The van der Waals surface area contributed by atoms with Gasteiger partial charge in [0.05, 0.1) is 11.9 Å². The van der Waals surface area contributed by atoms with E-state index in [0.717, 1.165) is 17.4 Å². The molecular weight excluding hydrogens is 442 g/mol. The molecule has 1 atom stereocenters. The summed E-state index contributed by atoms with van der Waals surface area (Å²) in [4.78, 5) is 25.4. The molecule has 0 saturated heterocycles. The van der Waals surface area contributed by atoms with Crippen LogP contribution in [-0.2, 0) is 32.6 Å². The molecule has 0 saturated carbocycles. The smallest absolute Gasteiger partial charge is 0.408 e. The van der Waals surface area contributed by atoms with Gasteiger partial charge >= 0.3 is 6.09 Å². The van der Waals surface area contributed by atoms with E-state index in [1.165, 1.54) is 6.07 Å². The lowest BCUT2D eigenvalue weighted by Crippen LogP contribution is -2.45. The van der Waals surface area contributed by atoms with Gasteiger partial charge in [0.15, 0.2) is 0 Å². The molecule has 0 heterocycles. The molecule has 3 aromatic carbocycles. The Bertz CT molecular complexity index is 1180. The Labute approximate surface area is 193 Å². The second kappa shape index (κ2) is 11.1. The summed E-state index contributed by atoms with van der Waals surface area (Å²) in [7, 11) is -3.46. The summed E-state index contributed by atoms with van der Waals surface area (Å²) in [5.74, 6) is -0.466. The van der Waals surface area contributed by atoms with Crippen molar-refractivity contribution >= 4 is 33.4 Å². The van der Waals surface area contributed by atoms with Crippen LogP contribution in [0.5, 0.6) is 0 Å². The molecule has 8 nitrogen and oxygen atoms in total. The van der Waals surface area contributed by atoms with Crippen molar-refractivity contribution in [2.24, 2.45) is 0 Å². The number of hydrogen-bond acceptors (Lipinski definition) is 5. The summed E-state index contributed by atoms with van der Waals surface area (Å²) in [6, 6.07) is 23.9. The Kier molecular flexibility index (Phi) is 8.04. The van der Waals surface area contributed by atoms with Crippen LogP contribution in [0.4, 0.5) is 16.2 Å². The molecular formula is C24H25N3O5S. The predicted molar refractivity (Wildman–Crippen MR) is 127 cm³/mol. The molecule has 3 rings (SSSR count). The first-order chi connectivity index (χ1) is 15.8. The van der Waals surface area contributed by atoms with Crippen LogP contribution >= 0.6 is 0 Å². The van der Waals surface area contributed by atoms with Gasteiger partial charge in [-0.15, -0.1) is 0 Å². The maximum atomic E-state index is 13.0. The van der Waals surface area contributed by atoms with Gasteiger partial charge < -0.3 is 15.4 Å². The number of hydrogen-bond donors (Lipinski definition) is 3. The van der Waals surface area contributed by atoms with Gasteiger partial charge in [-0.1, -0.05) is 66.7 Å². The maximum absolute atomic E-state index is 13.0. The van der Waals surface area contributed by atoms with Crippen molar-refractivity contribution < 1.29 is 22.7 Å². The highest BCUT2D eigenvalue weighted by Gasteiger charge is 2.22. The monoisotopic (exact) mass is 467 g/mol. The average molecular weight is 468 g/mol. The summed E-state index contributed by atoms with van der Waals surface area (Å²) < 4.78 is 30.6. The lowest BCUT2D eigenvalue weighted by Gasteiger charge is -2.19. The first-order valence-corrected chi connectivity index (χ1v) is 12.1. The van der Waals surface area contributed by atoms with Crippen LogP contribution in [0.25, 0.3) is 0 Å². The van der Waals surface area contributed by atoms with Gasteiger partial charge in [0.25, 0.3) is 0 Å². The fraction of sp³-hybridized carbons (Fsp3) is 0.167. The van der Waals surface area contributed by atoms with E-state index < -0.39 is 28.1 Å². The van der Waals surface area contributed by atoms with E-state index in [1.54, 1.807) is 18.2 Å². The number of ether oxygens (including phenoxy) is 1. The molecule has 9 heteroatoms. The van der Waals surface area contributed by atoms with Crippen LogP contribution in [-0.4, -0.2) is 32.7 Å². The Hall–Kier alpha value is -3.85. The molecule has 2 amide bonds. The number of amides is 2. The molecule has 3 N–H and O–H groups in total. The van der Waals surface area contributed by atoms with Crippen LogP contribution < -0.4 is 15.4 Å². The van der Waals surface area contributed by atoms with E-state index in [9.17, 15) is 18.0 Å². The lowest BCUT2D eigenvalue weighted by molar-refractivity contribution is -0.118. The average Bonchev–Trinajstić information content (AvgIpc) is 2.78. The second-order valence-corrected chi connectivity index (χ2v) is 9.14. The summed E-state index contributed by atoms with van der Waals surface area (Å²) in [5.41, 5.74) is 2.37. The van der Waals surface area contributed by atoms with Gasteiger partial charge in [0, 0.05) is 12.1 Å². The second-order valence-electron chi connectivity index (χ2n) is 7.39. The third kappa shape index (κ3) is 8.30. The summed E-state index contributed by atoms with van der Waals surface area (Å²) >= 11 is 0. The van der Waals surface area contributed by atoms with Gasteiger partial charge in [-0.25, -0.2) is 13.2 Å². The Balaban J connectivity index is 1.69. The van der Waals surface area contributed by atoms with Crippen LogP contribution in [0.1, 0.15) is 11.1 Å². The van der Waals surface area contributed by atoms with E-state index in [1.807, 2.05) is 60.7 Å². The van der Waals surface area contributed by atoms with Crippen molar-refractivity contribution in [3.05, 3.63) is 96.1 Å². The molecule has 0 aliphatic carbocycles. The number of benzene rings is 3. The third-order valence-corrected chi connectivity index (χ3v) is 5.14. The van der Waals surface area contributed by atoms with Gasteiger partial charge in [0.2, 0.25) is 15.9 Å². The Morgan fingerprint density at radius 2 is 1.45 bits per heavy atom. The van der Waals surface area contributed by atoms with Crippen molar-refractivity contribution in [1.29, 1.82) is 0 Å². The molecule has 172 valence electrons. The zero-order valence-corrected chi connectivity index (χ0v) is 18.8. The number of rotatable bonds is 9. The quantitative estimate of drug-likeness (QED) is 0.446. The minimum Gasteiger partial charge on any atom is -0.445 e. The van der Waals surface area contributed by atoms with E-state index in [-0.39, 0.29) is 13.0 Å². The Morgan fingerprint density at radius 1 is 0.848 bits per heavy atom. The van der Waals surface area contributed by atoms with Crippen LogP contribution in [0.2, 0.25) is 0 Å². The van der Waals surface area contributed by atoms with E-state index in [0.29, 0.717) is 11.4 Å². The predicted octanol–water partition coefficient (Wildman–Crippen LogP) is 3.53. The molecule has 0 radical (unpaired) electrons. The summed E-state index contributed by atoms with van der Waals surface area (Å²) in [6.07, 6.45) is 0.565. The highest BCUT2D eigenvalue weighted by atomic mass is 32.2. The number of carbonyl (C=O) groups excluding carboxylic acids is 2. The molecule has 0 aliphatic rings. The fourth-order valence-corrected chi connectivity index (χ4v) is 3.63. The lowest BCUT2D eigenvalue weighted by atomic mass is 10.1. The highest BCUT2D eigenvalue weighted by Crippen LogP contribution is 2.17. The Morgan fingerprint density at radius 3 is 2.09 bits per heavy atom. The SMILES string of the molecule is CS(=O)(=O)Nc1cccc(NC(=O)C(Cc2ccccc2)NC(=O)OCc2ccccc2)c1. The molecule has 0 bridgehead atoms. The standard InChI is InChI=1S/C24H25N3O5S/c1-33(30,31)27-21-14-8-13-20(16-21)25-23(28)22(15-18-9-4-2-5-10-18)26-24(29)32-17-19-11-6-3-7-12-19/h2-14,16,22,27H,15,17H2,1H3,(H,25,28)(H,26,29). The molecule has 0 spiro atoms. The molecule has 1 unspecified atom stereocenters. The normalized spacial score (nSPS) is 11.8. The maximum Gasteiger partial charge on any atom is 0.408 e. The number of anilines is 2. The van der Waals surface area contributed by atoms with Crippen molar-refractivity contribution in [3.8, 4) is 0 Å². The van der Waals surface area contributed by atoms with E-state index >= 15 is 0 Å². The van der Waals surface area contributed by atoms with Gasteiger partial charge in [0.1, 0.15) is 12.6 Å². The topological polar surface area (TPSA) is 114 Å². The largest absolute Gasteiger partial charge is 0.445 e. The van der Waals surface area contributed by atoms with Crippen LogP contribution in [0, 0.1) is 0 Å². The fourth-order valence-electron chi connectivity index (χ4n) is 3.07. The zero-order valence-electron chi connectivity index (χ0n) is 18.0. The molecule has 0 aromatic heterocycles. The van der Waals surface area contributed by atoms with Gasteiger partial charge in [-0.2, -0.15) is 0 Å². The highest BCUT2D eigenvalue weighted by molar-refractivity contribution is 7.92. The van der Waals surface area contributed by atoms with Crippen LogP contribution in [0.15, 0.2) is 84.9 Å². The number of sulfonamides is 1. The molecule has 0 fully saturated rings. The van der Waals surface area contributed by atoms with Gasteiger partial charge in [-0.3, -0.25) is 9.52 Å². The van der Waals surface area contributed by atoms with Crippen molar-refractivity contribution in [2.45, 2.75) is 19.1 Å². The van der Waals surface area contributed by atoms with Crippen LogP contribution in [0.3, 0.4) is 0 Å². The van der Waals surface area contributed by atoms with Crippen molar-refractivity contribution in [3.63, 3.8) is 0 Å².